The normalized spacial score (nSPS) is 10.4. The van der Waals surface area contributed by atoms with Crippen molar-refractivity contribution in [3.8, 4) is 20.9 Å². The first kappa shape index (κ1) is 12.6. The fourth-order valence-electron chi connectivity index (χ4n) is 2.10. The van der Waals surface area contributed by atoms with Crippen LogP contribution in [0.3, 0.4) is 0 Å². The zero-order valence-corrected chi connectivity index (χ0v) is 11.4. The molecule has 0 aliphatic carbocycles. The van der Waals surface area contributed by atoms with Crippen LogP contribution >= 0.6 is 11.3 Å². The van der Waals surface area contributed by atoms with Gasteiger partial charge in [-0.05, 0) is 17.2 Å². The summed E-state index contributed by atoms with van der Waals surface area (Å²) in [6.07, 6.45) is 0. The molecular weight excluding hydrogens is 268 g/mol. The lowest BCUT2D eigenvalue weighted by Crippen LogP contribution is -1.95. The first-order valence-electron chi connectivity index (χ1n) is 6.23. The number of carboxylic acid groups (broad SMARTS) is 1. The Balaban J connectivity index is 2.15. The molecular formula is C17H12O2S. The van der Waals surface area contributed by atoms with E-state index in [1.54, 1.807) is 6.07 Å². The fourth-order valence-corrected chi connectivity index (χ4v) is 3.26. The van der Waals surface area contributed by atoms with Crippen LogP contribution in [0.1, 0.15) is 10.4 Å². The molecule has 0 aliphatic rings. The molecule has 1 aromatic heterocycles. The Labute approximate surface area is 121 Å². The van der Waals surface area contributed by atoms with Gasteiger partial charge in [0.1, 0.15) is 0 Å². The van der Waals surface area contributed by atoms with Gasteiger partial charge in [-0.3, -0.25) is 0 Å². The summed E-state index contributed by atoms with van der Waals surface area (Å²) in [5, 5.41) is 9.39. The number of carboxylic acids is 1. The third kappa shape index (κ3) is 2.36. The predicted octanol–water partition coefficient (Wildman–Crippen LogP) is 4.78. The third-order valence-corrected chi connectivity index (χ3v) is 4.29. The molecule has 3 aromatic rings. The smallest absolute Gasteiger partial charge is 0.337 e. The lowest BCUT2D eigenvalue weighted by atomic mass is 10.1. The lowest BCUT2D eigenvalue weighted by Gasteiger charge is -1.99. The number of aromatic carboxylic acids is 1. The summed E-state index contributed by atoms with van der Waals surface area (Å²) in [7, 11) is 0. The number of rotatable bonds is 3. The van der Waals surface area contributed by atoms with E-state index in [0.29, 0.717) is 5.56 Å². The van der Waals surface area contributed by atoms with Crippen molar-refractivity contribution in [3.05, 3.63) is 72.3 Å². The van der Waals surface area contributed by atoms with Crippen LogP contribution in [0.5, 0.6) is 0 Å². The van der Waals surface area contributed by atoms with Crippen LogP contribution in [-0.2, 0) is 0 Å². The molecule has 0 saturated heterocycles. The minimum absolute atomic E-state index is 0.361. The highest BCUT2D eigenvalue weighted by Crippen LogP contribution is 2.38. The van der Waals surface area contributed by atoms with Gasteiger partial charge in [0.05, 0.1) is 5.56 Å². The molecule has 3 heteroatoms. The van der Waals surface area contributed by atoms with Crippen LogP contribution in [0.15, 0.2) is 66.7 Å². The Morgan fingerprint density at radius 3 is 1.95 bits per heavy atom. The van der Waals surface area contributed by atoms with Crippen molar-refractivity contribution in [2.24, 2.45) is 0 Å². The van der Waals surface area contributed by atoms with E-state index in [2.05, 4.69) is 0 Å². The SMILES string of the molecule is O=C(O)c1cc(-c2ccccc2)sc1-c1ccccc1. The summed E-state index contributed by atoms with van der Waals surface area (Å²) < 4.78 is 0. The van der Waals surface area contributed by atoms with Crippen molar-refractivity contribution in [2.45, 2.75) is 0 Å². The Kier molecular flexibility index (Phi) is 3.35. The van der Waals surface area contributed by atoms with Crippen molar-refractivity contribution in [2.75, 3.05) is 0 Å². The molecule has 0 unspecified atom stereocenters. The molecule has 3 rings (SSSR count). The Morgan fingerprint density at radius 1 is 0.850 bits per heavy atom. The van der Waals surface area contributed by atoms with E-state index in [0.717, 1.165) is 20.9 Å². The first-order chi connectivity index (χ1) is 9.75. The number of hydrogen-bond donors (Lipinski definition) is 1. The average molecular weight is 280 g/mol. The Hall–Kier alpha value is -2.39. The maximum Gasteiger partial charge on any atom is 0.337 e. The van der Waals surface area contributed by atoms with Gasteiger partial charge in [0.2, 0.25) is 0 Å². The van der Waals surface area contributed by atoms with Crippen LogP contribution < -0.4 is 0 Å². The topological polar surface area (TPSA) is 37.3 Å². The average Bonchev–Trinajstić information content (AvgIpc) is 2.94. The molecule has 0 aliphatic heterocycles. The number of benzene rings is 2. The van der Waals surface area contributed by atoms with E-state index in [9.17, 15) is 9.90 Å². The van der Waals surface area contributed by atoms with Crippen LogP contribution in [0.4, 0.5) is 0 Å². The lowest BCUT2D eigenvalue weighted by molar-refractivity contribution is 0.0698. The molecule has 0 atom stereocenters. The molecule has 0 radical (unpaired) electrons. The molecule has 0 spiro atoms. The highest BCUT2D eigenvalue weighted by atomic mass is 32.1. The Bertz CT molecular complexity index is 730. The molecule has 0 amide bonds. The summed E-state index contributed by atoms with van der Waals surface area (Å²) >= 11 is 1.51. The molecule has 2 aromatic carbocycles. The van der Waals surface area contributed by atoms with Crippen LogP contribution in [0, 0.1) is 0 Å². The van der Waals surface area contributed by atoms with E-state index in [1.807, 2.05) is 60.7 Å². The second-order valence-electron chi connectivity index (χ2n) is 4.39. The number of carbonyl (C=O) groups is 1. The van der Waals surface area contributed by atoms with Crippen molar-refractivity contribution in [1.82, 2.24) is 0 Å². The van der Waals surface area contributed by atoms with Gasteiger partial charge in [-0.25, -0.2) is 4.79 Å². The van der Waals surface area contributed by atoms with E-state index >= 15 is 0 Å². The molecule has 0 fully saturated rings. The highest BCUT2D eigenvalue weighted by Gasteiger charge is 2.17. The molecule has 2 nitrogen and oxygen atoms in total. The summed E-state index contributed by atoms with van der Waals surface area (Å²) in [5.41, 5.74) is 2.35. The van der Waals surface area contributed by atoms with Gasteiger partial charge in [-0.1, -0.05) is 60.7 Å². The van der Waals surface area contributed by atoms with Crippen LogP contribution in [0.25, 0.3) is 20.9 Å². The summed E-state index contributed by atoms with van der Waals surface area (Å²) in [5.74, 6) is -0.887. The molecule has 0 bridgehead atoms. The van der Waals surface area contributed by atoms with Gasteiger partial charge in [-0.2, -0.15) is 0 Å². The largest absolute Gasteiger partial charge is 0.478 e. The van der Waals surface area contributed by atoms with Gasteiger partial charge in [-0.15, -0.1) is 11.3 Å². The number of hydrogen-bond acceptors (Lipinski definition) is 2. The maximum atomic E-state index is 11.4. The minimum atomic E-state index is -0.887. The fraction of sp³-hybridized carbons (Fsp3) is 0. The second-order valence-corrected chi connectivity index (χ2v) is 5.44. The van der Waals surface area contributed by atoms with Crippen molar-refractivity contribution in [3.63, 3.8) is 0 Å². The molecule has 0 saturated carbocycles. The van der Waals surface area contributed by atoms with Crippen molar-refractivity contribution >= 4 is 17.3 Å². The Morgan fingerprint density at radius 2 is 1.40 bits per heavy atom. The van der Waals surface area contributed by atoms with E-state index < -0.39 is 5.97 Å². The highest BCUT2D eigenvalue weighted by molar-refractivity contribution is 7.19. The van der Waals surface area contributed by atoms with Gasteiger partial charge in [0.25, 0.3) is 0 Å². The van der Waals surface area contributed by atoms with Crippen molar-refractivity contribution in [1.29, 1.82) is 0 Å². The van der Waals surface area contributed by atoms with Crippen LogP contribution in [0.2, 0.25) is 0 Å². The zero-order valence-electron chi connectivity index (χ0n) is 10.6. The molecule has 1 heterocycles. The summed E-state index contributed by atoms with van der Waals surface area (Å²) in [6.45, 7) is 0. The molecule has 20 heavy (non-hydrogen) atoms. The van der Waals surface area contributed by atoms with Gasteiger partial charge in [0, 0.05) is 9.75 Å². The van der Waals surface area contributed by atoms with Gasteiger partial charge < -0.3 is 5.11 Å². The standard InChI is InChI=1S/C17H12O2S/c18-17(19)14-11-15(12-7-3-1-4-8-12)20-16(14)13-9-5-2-6-10-13/h1-11H,(H,18,19). The first-order valence-corrected chi connectivity index (χ1v) is 7.05. The molecule has 98 valence electrons. The monoisotopic (exact) mass is 280 g/mol. The van der Waals surface area contributed by atoms with E-state index in [4.69, 9.17) is 0 Å². The summed E-state index contributed by atoms with van der Waals surface area (Å²) in [6, 6.07) is 21.2. The van der Waals surface area contributed by atoms with Crippen molar-refractivity contribution < 1.29 is 9.90 Å². The second kappa shape index (κ2) is 5.31. The minimum Gasteiger partial charge on any atom is -0.478 e. The van der Waals surface area contributed by atoms with E-state index in [1.165, 1.54) is 11.3 Å². The van der Waals surface area contributed by atoms with Crippen LogP contribution in [-0.4, -0.2) is 11.1 Å². The maximum absolute atomic E-state index is 11.4. The zero-order chi connectivity index (χ0) is 13.9. The summed E-state index contributed by atoms with van der Waals surface area (Å²) in [4.78, 5) is 13.2. The number of thiophene rings is 1. The molecule has 1 N–H and O–H groups in total. The van der Waals surface area contributed by atoms with E-state index in [-0.39, 0.29) is 0 Å². The quantitative estimate of drug-likeness (QED) is 0.749. The predicted molar refractivity (Wildman–Crippen MR) is 82.2 cm³/mol. The van der Waals surface area contributed by atoms with Gasteiger partial charge in [0.15, 0.2) is 0 Å². The third-order valence-electron chi connectivity index (χ3n) is 3.06. The van der Waals surface area contributed by atoms with Gasteiger partial charge >= 0.3 is 5.97 Å².